The standard InChI is InChI=1S/C22H32N2O7S/c1-29-18-6-8-19(9-7-18)32(27,28)24(10-12-25)11-13-30-21-15-17(16-4-2-3-5-16)14-20(31-21)22(23)26/h6-9,14,16-17,21,25H,2-5,10-13,15H2,1H3,(H2,23,26)/t17-,21+/m0/s1. The molecule has 2 atom stereocenters. The number of ether oxygens (including phenoxy) is 3. The molecule has 1 aromatic carbocycles. The van der Waals surface area contributed by atoms with Gasteiger partial charge in [-0.05, 0) is 55.0 Å². The third kappa shape index (κ3) is 6.00. The SMILES string of the molecule is COc1ccc(S(=O)(=O)N(CCO)CCO[C@H]2C[C@@H](C3CCCC3)C=C(C(N)=O)O2)cc1. The van der Waals surface area contributed by atoms with Gasteiger partial charge in [-0.3, -0.25) is 4.79 Å². The van der Waals surface area contributed by atoms with E-state index in [0.29, 0.717) is 18.1 Å². The molecule has 0 radical (unpaired) electrons. The van der Waals surface area contributed by atoms with E-state index in [1.165, 1.54) is 32.1 Å². The van der Waals surface area contributed by atoms with Crippen molar-refractivity contribution in [3.05, 3.63) is 36.1 Å². The number of carbonyl (C=O) groups is 1. The predicted molar refractivity (Wildman–Crippen MR) is 117 cm³/mol. The minimum atomic E-state index is -3.83. The number of primary amides is 1. The van der Waals surface area contributed by atoms with Crippen LogP contribution in [0.3, 0.4) is 0 Å². The Hall–Kier alpha value is -2.14. The van der Waals surface area contributed by atoms with E-state index in [4.69, 9.17) is 19.9 Å². The van der Waals surface area contributed by atoms with Crippen LogP contribution in [-0.2, 0) is 24.3 Å². The Morgan fingerprint density at radius 1 is 1.22 bits per heavy atom. The van der Waals surface area contributed by atoms with Gasteiger partial charge in [0, 0.05) is 19.5 Å². The molecule has 1 saturated carbocycles. The van der Waals surface area contributed by atoms with Crippen LogP contribution in [0, 0.1) is 11.8 Å². The maximum atomic E-state index is 13.0. The molecule has 0 saturated heterocycles. The lowest BCUT2D eigenvalue weighted by atomic mass is 9.86. The van der Waals surface area contributed by atoms with Crippen LogP contribution in [0.25, 0.3) is 0 Å². The first kappa shape index (κ1) is 24.5. The highest BCUT2D eigenvalue weighted by Gasteiger charge is 2.33. The number of amides is 1. The zero-order valence-corrected chi connectivity index (χ0v) is 19.1. The Bertz CT molecular complexity index is 895. The van der Waals surface area contributed by atoms with Gasteiger partial charge in [-0.1, -0.05) is 12.8 Å². The first-order valence-electron chi connectivity index (χ1n) is 10.9. The van der Waals surface area contributed by atoms with Crippen molar-refractivity contribution >= 4 is 15.9 Å². The Balaban J connectivity index is 1.62. The number of hydrogen-bond donors (Lipinski definition) is 2. The molecule has 1 aliphatic heterocycles. The van der Waals surface area contributed by atoms with Gasteiger partial charge in [-0.2, -0.15) is 4.31 Å². The van der Waals surface area contributed by atoms with Crippen LogP contribution in [-0.4, -0.2) is 63.4 Å². The number of aliphatic hydroxyl groups is 1. The Morgan fingerprint density at radius 3 is 2.50 bits per heavy atom. The lowest BCUT2D eigenvalue weighted by Crippen LogP contribution is -2.38. The van der Waals surface area contributed by atoms with E-state index < -0.39 is 22.2 Å². The Labute approximate surface area is 189 Å². The van der Waals surface area contributed by atoms with Crippen molar-refractivity contribution in [2.45, 2.75) is 43.3 Å². The van der Waals surface area contributed by atoms with E-state index in [1.807, 2.05) is 6.08 Å². The smallest absolute Gasteiger partial charge is 0.283 e. The minimum Gasteiger partial charge on any atom is -0.497 e. The van der Waals surface area contributed by atoms with Gasteiger partial charge in [0.1, 0.15) is 5.75 Å². The molecule has 178 valence electrons. The number of carbonyl (C=O) groups excluding carboxylic acids is 1. The molecule has 1 amide bonds. The third-order valence-electron chi connectivity index (χ3n) is 6.03. The Morgan fingerprint density at radius 2 is 1.91 bits per heavy atom. The third-order valence-corrected chi connectivity index (χ3v) is 7.94. The van der Waals surface area contributed by atoms with Crippen molar-refractivity contribution < 1.29 is 32.5 Å². The second kappa shape index (κ2) is 11.1. The van der Waals surface area contributed by atoms with Gasteiger partial charge in [-0.25, -0.2) is 8.42 Å². The molecule has 1 heterocycles. The summed E-state index contributed by atoms with van der Waals surface area (Å²) in [5.74, 6) is 0.642. The molecule has 2 aliphatic rings. The number of aliphatic hydroxyl groups excluding tert-OH is 1. The molecule has 0 unspecified atom stereocenters. The van der Waals surface area contributed by atoms with E-state index in [0.717, 1.165) is 17.1 Å². The molecule has 1 aromatic rings. The van der Waals surface area contributed by atoms with Crippen molar-refractivity contribution in [3.63, 3.8) is 0 Å². The first-order valence-corrected chi connectivity index (χ1v) is 12.3. The summed E-state index contributed by atoms with van der Waals surface area (Å²) in [4.78, 5) is 11.8. The monoisotopic (exact) mass is 468 g/mol. The number of sulfonamides is 1. The maximum Gasteiger partial charge on any atom is 0.283 e. The summed E-state index contributed by atoms with van der Waals surface area (Å²) in [6.45, 7) is -0.323. The van der Waals surface area contributed by atoms with Gasteiger partial charge in [-0.15, -0.1) is 0 Å². The highest BCUT2D eigenvalue weighted by Crippen LogP contribution is 2.38. The molecule has 1 aliphatic carbocycles. The van der Waals surface area contributed by atoms with Gasteiger partial charge in [0.2, 0.25) is 16.3 Å². The molecule has 9 nitrogen and oxygen atoms in total. The molecule has 3 rings (SSSR count). The average Bonchev–Trinajstić information content (AvgIpc) is 3.33. The lowest BCUT2D eigenvalue weighted by Gasteiger charge is -2.32. The van der Waals surface area contributed by atoms with Gasteiger partial charge in [0.15, 0.2) is 5.76 Å². The topological polar surface area (TPSA) is 128 Å². The second-order valence-electron chi connectivity index (χ2n) is 8.06. The zero-order chi connectivity index (χ0) is 23.1. The highest BCUT2D eigenvalue weighted by molar-refractivity contribution is 7.89. The summed E-state index contributed by atoms with van der Waals surface area (Å²) in [7, 11) is -2.33. The Kier molecular flexibility index (Phi) is 8.52. The van der Waals surface area contributed by atoms with Crippen molar-refractivity contribution in [2.75, 3.05) is 33.4 Å². The van der Waals surface area contributed by atoms with Crippen LogP contribution in [0.2, 0.25) is 0 Å². The van der Waals surface area contributed by atoms with Gasteiger partial charge < -0.3 is 25.1 Å². The summed E-state index contributed by atoms with van der Waals surface area (Å²) in [6, 6.07) is 6.05. The number of allylic oxidation sites excluding steroid dienone is 1. The number of methoxy groups -OCH3 is 1. The number of rotatable bonds is 11. The van der Waals surface area contributed by atoms with Crippen LogP contribution in [0.5, 0.6) is 5.75 Å². The fraction of sp³-hybridized carbons (Fsp3) is 0.591. The number of hydrogen-bond acceptors (Lipinski definition) is 7. The van der Waals surface area contributed by atoms with E-state index >= 15 is 0 Å². The van der Waals surface area contributed by atoms with Crippen LogP contribution in [0.15, 0.2) is 41.0 Å². The molecule has 32 heavy (non-hydrogen) atoms. The summed E-state index contributed by atoms with van der Waals surface area (Å²) < 4.78 is 43.6. The molecule has 3 N–H and O–H groups in total. The summed E-state index contributed by atoms with van der Waals surface area (Å²) in [5.41, 5.74) is 5.44. The molecular weight excluding hydrogens is 436 g/mol. The maximum absolute atomic E-state index is 13.0. The fourth-order valence-electron chi connectivity index (χ4n) is 4.32. The van der Waals surface area contributed by atoms with Crippen LogP contribution in [0.4, 0.5) is 0 Å². The first-order chi connectivity index (χ1) is 15.3. The van der Waals surface area contributed by atoms with Crippen molar-refractivity contribution in [3.8, 4) is 5.75 Å². The van der Waals surface area contributed by atoms with Crippen LogP contribution in [0.1, 0.15) is 32.1 Å². The lowest BCUT2D eigenvalue weighted by molar-refractivity contribution is -0.149. The zero-order valence-electron chi connectivity index (χ0n) is 18.3. The number of nitrogens with zero attached hydrogens (tertiary/aromatic N) is 1. The van der Waals surface area contributed by atoms with Gasteiger partial charge in [0.25, 0.3) is 5.91 Å². The van der Waals surface area contributed by atoms with Gasteiger partial charge in [0.05, 0.1) is 25.2 Å². The molecule has 10 heteroatoms. The predicted octanol–water partition coefficient (Wildman–Crippen LogP) is 1.62. The van der Waals surface area contributed by atoms with E-state index in [9.17, 15) is 18.3 Å². The van der Waals surface area contributed by atoms with Crippen LogP contribution < -0.4 is 10.5 Å². The van der Waals surface area contributed by atoms with E-state index in [1.54, 1.807) is 12.1 Å². The van der Waals surface area contributed by atoms with Gasteiger partial charge >= 0.3 is 0 Å². The molecule has 0 bridgehead atoms. The molecular formula is C22H32N2O7S. The van der Waals surface area contributed by atoms with E-state index in [2.05, 4.69) is 0 Å². The van der Waals surface area contributed by atoms with Crippen LogP contribution >= 0.6 is 0 Å². The second-order valence-corrected chi connectivity index (χ2v) is 10.00. The summed E-state index contributed by atoms with van der Waals surface area (Å²) in [5, 5.41) is 9.38. The summed E-state index contributed by atoms with van der Waals surface area (Å²) in [6.07, 6.45) is 6.28. The number of benzene rings is 1. The normalized spacial score (nSPS) is 21.9. The minimum absolute atomic E-state index is 0.0263. The number of nitrogens with two attached hydrogens (primary N) is 1. The molecule has 1 fully saturated rings. The van der Waals surface area contributed by atoms with Crippen molar-refractivity contribution in [1.29, 1.82) is 0 Å². The molecule has 0 spiro atoms. The average molecular weight is 469 g/mol. The fourth-order valence-corrected chi connectivity index (χ4v) is 5.73. The van der Waals surface area contributed by atoms with Crippen molar-refractivity contribution in [1.82, 2.24) is 4.31 Å². The highest BCUT2D eigenvalue weighted by atomic mass is 32.2. The molecule has 0 aromatic heterocycles. The van der Waals surface area contributed by atoms with Crippen molar-refractivity contribution in [2.24, 2.45) is 17.6 Å². The largest absolute Gasteiger partial charge is 0.497 e. The quantitative estimate of drug-likeness (QED) is 0.505. The summed E-state index contributed by atoms with van der Waals surface area (Å²) >= 11 is 0. The van der Waals surface area contributed by atoms with E-state index in [-0.39, 0.29) is 42.9 Å².